The van der Waals surface area contributed by atoms with E-state index in [-0.39, 0.29) is 30.0 Å². The molecule has 0 aromatic heterocycles. The second-order valence-electron chi connectivity index (χ2n) is 6.69. The van der Waals surface area contributed by atoms with E-state index in [9.17, 15) is 9.59 Å². The first kappa shape index (κ1) is 17.6. The van der Waals surface area contributed by atoms with Gasteiger partial charge in [-0.25, -0.2) is 0 Å². The molecule has 1 saturated heterocycles. The van der Waals surface area contributed by atoms with Crippen molar-refractivity contribution in [2.75, 3.05) is 12.8 Å². The van der Waals surface area contributed by atoms with Crippen LogP contribution in [0.25, 0.3) is 0 Å². The van der Waals surface area contributed by atoms with Gasteiger partial charge >= 0.3 is 6.71 Å². The van der Waals surface area contributed by atoms with Gasteiger partial charge in [0.1, 0.15) is 5.68 Å². The average molecular weight is 299 g/mol. The Balaban J connectivity index is 0.000000286. The Morgan fingerprint density at radius 2 is 1.90 bits per heavy atom. The third kappa shape index (κ3) is 5.13. The van der Waals surface area contributed by atoms with Gasteiger partial charge in [0.05, 0.1) is 12.6 Å². The minimum atomic E-state index is -0.392. The summed E-state index contributed by atoms with van der Waals surface area (Å²) in [5.74, 6) is 0.116. The summed E-state index contributed by atoms with van der Waals surface area (Å²) in [5, 5.41) is 2.58. The van der Waals surface area contributed by atoms with Crippen LogP contribution >= 0.6 is 12.0 Å². The fourth-order valence-corrected chi connectivity index (χ4v) is 2.54. The molecular formula is C14H26BNO3S. The number of amides is 1. The van der Waals surface area contributed by atoms with Crippen LogP contribution in [0.15, 0.2) is 0 Å². The minimum Gasteiger partial charge on any atom is -0.358 e. The Morgan fingerprint density at radius 3 is 2.25 bits per heavy atom. The molecule has 6 heteroatoms. The number of nitrogens with one attached hydrogen (secondary N) is 1. The molecule has 0 spiro atoms. The maximum atomic E-state index is 11.4. The van der Waals surface area contributed by atoms with Gasteiger partial charge in [-0.05, 0) is 36.1 Å². The summed E-state index contributed by atoms with van der Waals surface area (Å²) >= 11 is 1.35. The Morgan fingerprint density at radius 1 is 1.35 bits per heavy atom. The van der Waals surface area contributed by atoms with Gasteiger partial charge in [-0.15, -0.1) is 0 Å². The molecule has 1 saturated carbocycles. The maximum Gasteiger partial charge on any atom is 0.335 e. The molecule has 0 aromatic rings. The van der Waals surface area contributed by atoms with E-state index < -0.39 is 6.71 Å². The van der Waals surface area contributed by atoms with Gasteiger partial charge in [0.2, 0.25) is 0 Å². The Kier molecular flexibility index (Phi) is 6.59. The highest BCUT2D eigenvalue weighted by Gasteiger charge is 2.49. The quantitative estimate of drug-likeness (QED) is 0.642. The zero-order valence-electron chi connectivity index (χ0n) is 13.2. The Labute approximate surface area is 127 Å². The van der Waals surface area contributed by atoms with Gasteiger partial charge in [0, 0.05) is 6.26 Å². The zero-order chi connectivity index (χ0) is 15.3. The monoisotopic (exact) mass is 299 g/mol. The van der Waals surface area contributed by atoms with Crippen molar-refractivity contribution in [1.82, 2.24) is 5.32 Å². The van der Waals surface area contributed by atoms with E-state index in [2.05, 4.69) is 33.0 Å². The highest BCUT2D eigenvalue weighted by atomic mass is 32.2. The molecule has 114 valence electrons. The lowest BCUT2D eigenvalue weighted by Crippen LogP contribution is -2.43. The molecule has 0 radical (unpaired) electrons. The van der Waals surface area contributed by atoms with Gasteiger partial charge in [0.25, 0.3) is 0 Å². The van der Waals surface area contributed by atoms with E-state index in [1.807, 2.05) is 6.26 Å². The molecule has 2 rings (SSSR count). The van der Waals surface area contributed by atoms with Crippen molar-refractivity contribution >= 4 is 30.2 Å². The van der Waals surface area contributed by atoms with Crippen LogP contribution in [0.1, 0.15) is 47.0 Å². The topological polar surface area (TPSA) is 55.4 Å². The molecule has 0 aromatic carbocycles. The lowest BCUT2D eigenvalue weighted by atomic mass is 9.34. The lowest BCUT2D eigenvalue weighted by Gasteiger charge is -2.34. The van der Waals surface area contributed by atoms with Gasteiger partial charge in [-0.3, -0.25) is 4.79 Å². The molecule has 4 nitrogen and oxygen atoms in total. The third-order valence-electron chi connectivity index (χ3n) is 3.96. The van der Waals surface area contributed by atoms with E-state index in [1.54, 1.807) is 0 Å². The summed E-state index contributed by atoms with van der Waals surface area (Å²) < 4.78 is 5.31. The average Bonchev–Trinajstić information content (AvgIpc) is 2.64. The first-order valence-electron chi connectivity index (χ1n) is 7.28. The van der Waals surface area contributed by atoms with Gasteiger partial charge in [-0.1, -0.05) is 34.1 Å². The van der Waals surface area contributed by atoms with Gasteiger partial charge < -0.3 is 14.3 Å². The summed E-state index contributed by atoms with van der Waals surface area (Å²) in [6, 6.07) is 0. The predicted octanol–water partition coefficient (Wildman–Crippen LogP) is 3.16. The van der Waals surface area contributed by atoms with E-state index >= 15 is 0 Å². The summed E-state index contributed by atoms with van der Waals surface area (Å²) in [5.41, 5.74) is 0.586. The molecular weight excluding hydrogens is 273 g/mol. The highest BCUT2D eigenvalue weighted by Crippen LogP contribution is 2.40. The minimum absolute atomic E-state index is 0.0441. The summed E-state index contributed by atoms with van der Waals surface area (Å²) in [6.45, 7) is 8.76. The molecule has 0 unspecified atom stereocenters. The normalized spacial score (nSPS) is 25.8. The number of rotatable bonds is 3. The Bertz CT molecular complexity index is 335. The SMILES string of the molecule is CCC(C)(C)C.CSOC1CC(B2C(=O)CNC2=O)C1. The number of hydrogen-bond donors (Lipinski definition) is 1. The van der Waals surface area contributed by atoms with Crippen LogP contribution in [0.4, 0.5) is 4.79 Å². The summed E-state index contributed by atoms with van der Waals surface area (Å²) in [4.78, 5) is 22.7. The van der Waals surface area contributed by atoms with Crippen LogP contribution in [0.3, 0.4) is 0 Å². The first-order valence-corrected chi connectivity index (χ1v) is 8.43. The smallest absolute Gasteiger partial charge is 0.335 e. The third-order valence-corrected chi connectivity index (χ3v) is 4.43. The van der Waals surface area contributed by atoms with Crippen LogP contribution in [-0.4, -0.2) is 37.1 Å². The first-order chi connectivity index (χ1) is 9.28. The largest absolute Gasteiger partial charge is 0.358 e. The van der Waals surface area contributed by atoms with Crippen molar-refractivity contribution in [2.45, 2.75) is 58.9 Å². The lowest BCUT2D eigenvalue weighted by molar-refractivity contribution is -0.111. The second-order valence-corrected chi connectivity index (χ2v) is 7.22. The number of hydrogen-bond acceptors (Lipinski definition) is 4. The van der Waals surface area contributed by atoms with E-state index in [0.29, 0.717) is 5.41 Å². The van der Waals surface area contributed by atoms with Gasteiger partial charge in [0.15, 0.2) is 5.81 Å². The summed E-state index contributed by atoms with van der Waals surface area (Å²) in [6.07, 6.45) is 5.06. The molecule has 20 heavy (non-hydrogen) atoms. The van der Waals surface area contributed by atoms with Crippen molar-refractivity contribution < 1.29 is 13.8 Å². The number of carbonyl (C=O) groups excluding carboxylic acids is 2. The molecule has 1 amide bonds. The van der Waals surface area contributed by atoms with Crippen LogP contribution in [0.5, 0.6) is 0 Å². The molecule has 1 N–H and O–H groups in total. The van der Waals surface area contributed by atoms with Crippen LogP contribution in [0.2, 0.25) is 5.82 Å². The predicted molar refractivity (Wildman–Crippen MR) is 85.3 cm³/mol. The molecule has 0 bridgehead atoms. The maximum absolute atomic E-state index is 11.4. The number of carbonyl (C=O) groups is 2. The van der Waals surface area contributed by atoms with E-state index in [1.165, 1.54) is 18.5 Å². The Hall–Kier alpha value is -0.485. The fourth-order valence-electron chi connectivity index (χ4n) is 2.11. The molecule has 2 aliphatic rings. The molecule has 0 atom stereocenters. The standard InChI is InChI=1S/C8H12BNO3S.C6H14/c1-14-13-6-2-5(3-6)9-7(11)4-10-8(9)12;1-5-6(2,3)4/h5-6H,2-4H2,1H3,(H,10,12);5H2,1-4H3. The van der Waals surface area contributed by atoms with Crippen LogP contribution in [-0.2, 0) is 8.98 Å². The zero-order valence-corrected chi connectivity index (χ0v) is 14.0. The molecule has 1 aliphatic heterocycles. The second kappa shape index (κ2) is 7.50. The molecule has 1 aliphatic carbocycles. The molecule has 1 heterocycles. The van der Waals surface area contributed by atoms with Crippen molar-refractivity contribution in [3.63, 3.8) is 0 Å². The van der Waals surface area contributed by atoms with E-state index in [0.717, 1.165) is 12.8 Å². The van der Waals surface area contributed by atoms with Crippen LogP contribution < -0.4 is 5.32 Å². The van der Waals surface area contributed by atoms with Crippen molar-refractivity contribution in [3.8, 4) is 0 Å². The summed E-state index contributed by atoms with van der Waals surface area (Å²) in [7, 11) is 0. The van der Waals surface area contributed by atoms with Crippen LogP contribution in [0, 0.1) is 5.41 Å². The van der Waals surface area contributed by atoms with Crippen molar-refractivity contribution in [2.24, 2.45) is 5.41 Å². The highest BCUT2D eigenvalue weighted by molar-refractivity contribution is 7.93. The van der Waals surface area contributed by atoms with Crippen molar-refractivity contribution in [1.29, 1.82) is 0 Å². The van der Waals surface area contributed by atoms with E-state index in [4.69, 9.17) is 4.18 Å². The van der Waals surface area contributed by atoms with Gasteiger partial charge in [-0.2, -0.15) is 0 Å². The fraction of sp³-hybridized carbons (Fsp3) is 0.857. The molecule has 2 fully saturated rings. The van der Waals surface area contributed by atoms with Crippen molar-refractivity contribution in [3.05, 3.63) is 0 Å².